The molecule has 1 aliphatic heterocycles. The molecule has 1 heterocycles. The van der Waals surface area contributed by atoms with Crippen LogP contribution in [-0.4, -0.2) is 40.6 Å². The van der Waals surface area contributed by atoms with Crippen LogP contribution in [0.4, 0.5) is 0 Å². The number of carbonyl (C=O) groups is 1. The highest BCUT2D eigenvalue weighted by atomic mass is 16.3. The van der Waals surface area contributed by atoms with Crippen LogP contribution in [-0.2, 0) is 4.79 Å². The molecule has 4 rings (SSSR count). The number of carbonyl (C=O) groups excluding carboxylic acids is 1. The second kappa shape index (κ2) is 6.43. The van der Waals surface area contributed by atoms with E-state index in [4.69, 9.17) is 5.73 Å². The molecule has 0 bridgehead atoms. The molecule has 2 atom stereocenters. The molecule has 0 unspecified atom stereocenters. The van der Waals surface area contributed by atoms with E-state index < -0.39 is 11.6 Å². The number of rotatable bonds is 2. The molecule has 132 valence electrons. The normalized spacial score (nSPS) is 26.1. The average molecular weight is 338 g/mol. The first-order valence-corrected chi connectivity index (χ1v) is 9.32. The molecule has 1 aliphatic carbocycles. The fraction of sp³-hybridized carbons (Fsp3) is 0.476. The van der Waals surface area contributed by atoms with Crippen molar-refractivity contribution in [1.82, 2.24) is 4.90 Å². The lowest BCUT2D eigenvalue weighted by Crippen LogP contribution is -2.57. The van der Waals surface area contributed by atoms with Crippen LogP contribution in [0.3, 0.4) is 0 Å². The maximum absolute atomic E-state index is 12.8. The van der Waals surface area contributed by atoms with E-state index in [0.29, 0.717) is 13.1 Å². The molecule has 2 aromatic rings. The van der Waals surface area contributed by atoms with Gasteiger partial charge in [0.1, 0.15) is 0 Å². The number of aliphatic hydroxyl groups is 1. The largest absolute Gasteiger partial charge is 0.391 e. The Morgan fingerprint density at radius 2 is 1.84 bits per heavy atom. The molecule has 3 N–H and O–H groups in total. The molecule has 4 nitrogen and oxygen atoms in total. The van der Waals surface area contributed by atoms with Gasteiger partial charge in [0.05, 0.1) is 11.6 Å². The molecule has 1 amide bonds. The van der Waals surface area contributed by atoms with Gasteiger partial charge in [-0.05, 0) is 35.6 Å². The summed E-state index contributed by atoms with van der Waals surface area (Å²) < 4.78 is 0. The predicted molar refractivity (Wildman–Crippen MR) is 99.3 cm³/mol. The summed E-state index contributed by atoms with van der Waals surface area (Å²) in [5.74, 6) is 0.104. The van der Waals surface area contributed by atoms with Gasteiger partial charge in [0, 0.05) is 19.0 Å². The Morgan fingerprint density at radius 1 is 1.12 bits per heavy atom. The number of hydrogen-bond acceptors (Lipinski definition) is 3. The zero-order valence-corrected chi connectivity index (χ0v) is 14.5. The second-order valence-electron chi connectivity index (χ2n) is 7.68. The Balaban J connectivity index is 1.50. The first-order chi connectivity index (χ1) is 12.1. The summed E-state index contributed by atoms with van der Waals surface area (Å²) in [4.78, 5) is 14.6. The topological polar surface area (TPSA) is 66.6 Å². The minimum atomic E-state index is -0.699. The molecular weight excluding hydrogens is 312 g/mol. The Hall–Kier alpha value is -1.91. The molecule has 2 aliphatic rings. The van der Waals surface area contributed by atoms with Crippen LogP contribution in [0.1, 0.15) is 43.6 Å². The van der Waals surface area contributed by atoms with Crippen LogP contribution in [0.15, 0.2) is 42.5 Å². The molecule has 0 radical (unpaired) electrons. The minimum Gasteiger partial charge on any atom is -0.391 e. The number of nitrogens with zero attached hydrogens (tertiary/aromatic N) is 1. The SMILES string of the molecule is NC1(C(=O)N2CC[C@@H](c3ccc4ccccc4c3)[C@H](O)C2)CCCC1. The van der Waals surface area contributed by atoms with Crippen molar-refractivity contribution in [2.24, 2.45) is 5.73 Å². The van der Waals surface area contributed by atoms with Crippen LogP contribution < -0.4 is 5.73 Å². The van der Waals surface area contributed by atoms with Crippen LogP contribution in [0.25, 0.3) is 10.8 Å². The third kappa shape index (κ3) is 3.05. The van der Waals surface area contributed by atoms with Crippen molar-refractivity contribution in [2.75, 3.05) is 13.1 Å². The number of likely N-dealkylation sites (tertiary alicyclic amines) is 1. The van der Waals surface area contributed by atoms with Crippen molar-refractivity contribution in [3.05, 3.63) is 48.0 Å². The molecule has 1 saturated carbocycles. The van der Waals surface area contributed by atoms with Crippen molar-refractivity contribution in [3.8, 4) is 0 Å². The lowest BCUT2D eigenvalue weighted by molar-refractivity contribution is -0.140. The van der Waals surface area contributed by atoms with Gasteiger partial charge in [-0.15, -0.1) is 0 Å². The fourth-order valence-electron chi connectivity index (χ4n) is 4.48. The number of β-amino-alcohol motifs (C(OH)–C–C–N with tert-alkyl or cyclic N) is 1. The fourth-order valence-corrected chi connectivity index (χ4v) is 4.48. The van der Waals surface area contributed by atoms with Gasteiger partial charge in [0.2, 0.25) is 5.91 Å². The summed E-state index contributed by atoms with van der Waals surface area (Å²) in [6, 6.07) is 14.7. The van der Waals surface area contributed by atoms with Crippen molar-refractivity contribution in [2.45, 2.75) is 49.7 Å². The maximum Gasteiger partial charge on any atom is 0.242 e. The third-order valence-electron chi connectivity index (χ3n) is 5.99. The predicted octanol–water partition coefficient (Wildman–Crippen LogP) is 2.79. The Kier molecular flexibility index (Phi) is 4.26. The van der Waals surface area contributed by atoms with E-state index in [1.54, 1.807) is 4.90 Å². The number of fused-ring (bicyclic) bond motifs is 1. The highest BCUT2D eigenvalue weighted by Gasteiger charge is 2.42. The van der Waals surface area contributed by atoms with E-state index >= 15 is 0 Å². The summed E-state index contributed by atoms with van der Waals surface area (Å²) in [5, 5.41) is 13.1. The Morgan fingerprint density at radius 3 is 2.56 bits per heavy atom. The smallest absolute Gasteiger partial charge is 0.242 e. The number of aliphatic hydroxyl groups excluding tert-OH is 1. The van der Waals surface area contributed by atoms with Crippen LogP contribution in [0.2, 0.25) is 0 Å². The summed E-state index contributed by atoms with van der Waals surface area (Å²) in [5.41, 5.74) is 6.77. The van der Waals surface area contributed by atoms with Crippen molar-refractivity contribution in [1.29, 1.82) is 0 Å². The standard InChI is InChI=1S/C21H26N2O2/c22-21(10-3-4-11-21)20(25)23-12-9-18(19(24)14-23)17-8-7-15-5-1-2-6-16(15)13-17/h1-2,5-8,13,18-19,24H,3-4,9-12,14,22H2/t18-,19+/m0/s1. The number of nitrogens with two attached hydrogens (primary N) is 1. The maximum atomic E-state index is 12.8. The molecular formula is C21H26N2O2. The van der Waals surface area contributed by atoms with E-state index in [1.165, 1.54) is 10.8 Å². The van der Waals surface area contributed by atoms with E-state index in [0.717, 1.165) is 37.7 Å². The highest BCUT2D eigenvalue weighted by molar-refractivity contribution is 5.86. The van der Waals surface area contributed by atoms with Gasteiger partial charge in [-0.2, -0.15) is 0 Å². The lowest BCUT2D eigenvalue weighted by atomic mass is 9.85. The van der Waals surface area contributed by atoms with Gasteiger partial charge >= 0.3 is 0 Å². The summed E-state index contributed by atoms with van der Waals surface area (Å²) in [6.45, 7) is 1.06. The zero-order valence-electron chi connectivity index (χ0n) is 14.5. The van der Waals surface area contributed by atoms with Gasteiger partial charge in [-0.3, -0.25) is 4.79 Å². The number of amides is 1. The molecule has 0 spiro atoms. The third-order valence-corrected chi connectivity index (χ3v) is 5.99. The molecule has 2 fully saturated rings. The summed E-state index contributed by atoms with van der Waals surface area (Å²) in [6.07, 6.45) is 3.83. The van der Waals surface area contributed by atoms with Crippen LogP contribution in [0, 0.1) is 0 Å². The van der Waals surface area contributed by atoms with Crippen molar-refractivity contribution >= 4 is 16.7 Å². The zero-order chi connectivity index (χ0) is 17.4. The van der Waals surface area contributed by atoms with E-state index in [9.17, 15) is 9.90 Å². The van der Waals surface area contributed by atoms with E-state index in [1.807, 2.05) is 12.1 Å². The summed E-state index contributed by atoms with van der Waals surface area (Å²) in [7, 11) is 0. The van der Waals surface area contributed by atoms with Gasteiger partial charge in [0.15, 0.2) is 0 Å². The van der Waals surface area contributed by atoms with E-state index in [2.05, 4.69) is 30.3 Å². The molecule has 2 aromatic carbocycles. The highest BCUT2D eigenvalue weighted by Crippen LogP contribution is 2.34. The second-order valence-corrected chi connectivity index (χ2v) is 7.68. The summed E-state index contributed by atoms with van der Waals surface area (Å²) >= 11 is 0. The first kappa shape index (κ1) is 16.6. The molecule has 0 aromatic heterocycles. The Bertz CT molecular complexity index is 782. The lowest BCUT2D eigenvalue weighted by Gasteiger charge is -2.39. The number of piperidine rings is 1. The van der Waals surface area contributed by atoms with Crippen molar-refractivity contribution in [3.63, 3.8) is 0 Å². The van der Waals surface area contributed by atoms with Gasteiger partial charge in [0.25, 0.3) is 0 Å². The number of hydrogen-bond donors (Lipinski definition) is 2. The van der Waals surface area contributed by atoms with E-state index in [-0.39, 0.29) is 11.8 Å². The van der Waals surface area contributed by atoms with Crippen molar-refractivity contribution < 1.29 is 9.90 Å². The van der Waals surface area contributed by atoms with Gasteiger partial charge < -0.3 is 15.7 Å². The molecule has 1 saturated heterocycles. The Labute approximate surface area is 148 Å². The van der Waals surface area contributed by atoms with Gasteiger partial charge in [-0.25, -0.2) is 0 Å². The van der Waals surface area contributed by atoms with Gasteiger partial charge in [-0.1, -0.05) is 55.3 Å². The molecule has 4 heteroatoms. The van der Waals surface area contributed by atoms with Crippen LogP contribution in [0.5, 0.6) is 0 Å². The number of benzene rings is 2. The quantitative estimate of drug-likeness (QED) is 0.885. The monoisotopic (exact) mass is 338 g/mol. The minimum absolute atomic E-state index is 0.0287. The first-order valence-electron chi connectivity index (χ1n) is 9.32. The van der Waals surface area contributed by atoms with Crippen LogP contribution >= 0.6 is 0 Å². The average Bonchev–Trinajstić information content (AvgIpc) is 3.08. The molecule has 25 heavy (non-hydrogen) atoms.